The van der Waals surface area contributed by atoms with Crippen LogP contribution in [0.5, 0.6) is 0 Å². The maximum atomic E-state index is 12.4. The zero-order valence-electron chi connectivity index (χ0n) is 11.0. The van der Waals surface area contributed by atoms with Gasteiger partial charge in [-0.3, -0.25) is 19.6 Å². The molecule has 1 aliphatic rings. The minimum Gasteiger partial charge on any atom is -0.274 e. The number of rotatable bonds is 5. The molecule has 0 unspecified atom stereocenters. The molecule has 3 rings (SSSR count). The number of amides is 2. The van der Waals surface area contributed by atoms with Gasteiger partial charge in [0.15, 0.2) is 5.65 Å². The molecule has 6 nitrogen and oxygen atoms in total. The first kappa shape index (κ1) is 13.1. The highest BCUT2D eigenvalue weighted by Gasteiger charge is 2.37. The van der Waals surface area contributed by atoms with E-state index in [4.69, 9.17) is 0 Å². The van der Waals surface area contributed by atoms with E-state index in [2.05, 4.69) is 22.1 Å². The summed E-state index contributed by atoms with van der Waals surface area (Å²) in [5, 5.41) is 7.21. The van der Waals surface area contributed by atoms with Crippen molar-refractivity contribution in [1.29, 1.82) is 0 Å². The highest BCUT2D eigenvalue weighted by Crippen LogP contribution is 2.28. The number of hydrogen-bond acceptors (Lipinski definition) is 5. The standard InChI is InChI=1S/C13H14N4O2S/c1-2-20-5-3-4-17-12(18)9-6-14-11-8(7-15-16-11)10(9)13(17)19/h6-7H,2-5H2,1H3,(H,14,15,16). The number of carbonyl (C=O) groups excluding carboxylic acids is 2. The number of nitrogens with zero attached hydrogens (tertiary/aromatic N) is 3. The fourth-order valence-corrected chi connectivity index (χ4v) is 2.96. The third-order valence-corrected chi connectivity index (χ3v) is 4.28. The Hall–Kier alpha value is -1.89. The molecule has 2 amide bonds. The van der Waals surface area contributed by atoms with Gasteiger partial charge in [-0.2, -0.15) is 16.9 Å². The summed E-state index contributed by atoms with van der Waals surface area (Å²) in [5.74, 6) is 1.51. The number of thioether (sulfide) groups is 1. The van der Waals surface area contributed by atoms with E-state index in [0.29, 0.717) is 28.7 Å². The molecule has 2 aromatic rings. The zero-order valence-corrected chi connectivity index (χ0v) is 11.9. The van der Waals surface area contributed by atoms with Gasteiger partial charge in [0.2, 0.25) is 0 Å². The fraction of sp³-hybridized carbons (Fsp3) is 0.385. The van der Waals surface area contributed by atoms with E-state index in [9.17, 15) is 9.59 Å². The molecule has 0 saturated heterocycles. The van der Waals surface area contributed by atoms with Crippen molar-refractivity contribution in [2.24, 2.45) is 0 Å². The van der Waals surface area contributed by atoms with Gasteiger partial charge >= 0.3 is 0 Å². The number of imide groups is 1. The number of aromatic amines is 1. The molecule has 0 bridgehead atoms. The van der Waals surface area contributed by atoms with Crippen molar-refractivity contribution in [2.75, 3.05) is 18.1 Å². The number of fused-ring (bicyclic) bond motifs is 3. The SMILES string of the molecule is CCSCCCN1C(=O)c2cnc3[nH]ncc3c2C1=O. The van der Waals surface area contributed by atoms with Crippen LogP contribution in [0.4, 0.5) is 0 Å². The van der Waals surface area contributed by atoms with E-state index in [0.717, 1.165) is 17.9 Å². The van der Waals surface area contributed by atoms with Gasteiger partial charge in [0.1, 0.15) is 0 Å². The Balaban J connectivity index is 1.87. The van der Waals surface area contributed by atoms with Gasteiger partial charge in [0, 0.05) is 12.7 Å². The number of nitrogens with one attached hydrogen (secondary N) is 1. The Morgan fingerprint density at radius 2 is 2.15 bits per heavy atom. The van der Waals surface area contributed by atoms with Gasteiger partial charge in [-0.05, 0) is 17.9 Å². The lowest BCUT2D eigenvalue weighted by molar-refractivity contribution is 0.0655. The van der Waals surface area contributed by atoms with Crippen molar-refractivity contribution in [1.82, 2.24) is 20.1 Å². The van der Waals surface area contributed by atoms with Crippen molar-refractivity contribution in [2.45, 2.75) is 13.3 Å². The second-order valence-electron chi connectivity index (χ2n) is 4.49. The molecule has 0 aliphatic carbocycles. The summed E-state index contributed by atoms with van der Waals surface area (Å²) in [6, 6.07) is 0. The molecule has 0 aromatic carbocycles. The van der Waals surface area contributed by atoms with Gasteiger partial charge in [0.05, 0.1) is 22.7 Å². The quantitative estimate of drug-likeness (QED) is 0.669. The monoisotopic (exact) mass is 290 g/mol. The molecule has 1 aliphatic heterocycles. The maximum absolute atomic E-state index is 12.4. The minimum absolute atomic E-state index is 0.236. The van der Waals surface area contributed by atoms with Crippen LogP contribution in [0.3, 0.4) is 0 Å². The molecule has 0 atom stereocenters. The van der Waals surface area contributed by atoms with Crippen molar-refractivity contribution in [3.05, 3.63) is 23.5 Å². The van der Waals surface area contributed by atoms with Gasteiger partial charge in [-0.15, -0.1) is 0 Å². The Morgan fingerprint density at radius 1 is 1.30 bits per heavy atom. The predicted molar refractivity (Wildman–Crippen MR) is 76.9 cm³/mol. The van der Waals surface area contributed by atoms with E-state index >= 15 is 0 Å². The molecule has 1 N–H and O–H groups in total. The molecule has 104 valence electrons. The first-order valence-electron chi connectivity index (χ1n) is 6.50. The lowest BCUT2D eigenvalue weighted by Crippen LogP contribution is -2.31. The Labute approximate surface area is 119 Å². The third kappa shape index (κ3) is 1.98. The predicted octanol–water partition coefficient (Wildman–Crippen LogP) is 1.70. The van der Waals surface area contributed by atoms with Crippen molar-refractivity contribution < 1.29 is 9.59 Å². The van der Waals surface area contributed by atoms with Crippen molar-refractivity contribution in [3.63, 3.8) is 0 Å². The first-order chi connectivity index (χ1) is 9.74. The number of aromatic nitrogens is 3. The zero-order chi connectivity index (χ0) is 14.1. The molecule has 2 aromatic heterocycles. The van der Waals surface area contributed by atoms with E-state index in [1.165, 1.54) is 11.1 Å². The van der Waals surface area contributed by atoms with Crippen molar-refractivity contribution in [3.8, 4) is 0 Å². The summed E-state index contributed by atoms with van der Waals surface area (Å²) in [7, 11) is 0. The molecule has 0 saturated carbocycles. The average molecular weight is 290 g/mol. The Morgan fingerprint density at radius 3 is 2.95 bits per heavy atom. The largest absolute Gasteiger partial charge is 0.274 e. The molecule has 0 spiro atoms. The van der Waals surface area contributed by atoms with E-state index in [1.807, 2.05) is 0 Å². The molecule has 3 heterocycles. The summed E-state index contributed by atoms with van der Waals surface area (Å²) >= 11 is 1.81. The van der Waals surface area contributed by atoms with Crippen LogP contribution < -0.4 is 0 Å². The van der Waals surface area contributed by atoms with Crippen molar-refractivity contribution >= 4 is 34.6 Å². The number of carbonyl (C=O) groups is 2. The normalized spacial score (nSPS) is 14.3. The number of H-pyrrole nitrogens is 1. The summed E-state index contributed by atoms with van der Waals surface area (Å²) in [6.07, 6.45) is 3.81. The van der Waals surface area contributed by atoms with Crippen LogP contribution in [-0.2, 0) is 0 Å². The fourth-order valence-electron chi connectivity index (χ4n) is 2.34. The topological polar surface area (TPSA) is 79.0 Å². The van der Waals surface area contributed by atoms with Crippen LogP contribution in [0.25, 0.3) is 11.0 Å². The van der Waals surface area contributed by atoms with E-state index in [-0.39, 0.29) is 11.8 Å². The van der Waals surface area contributed by atoms with Crippen LogP contribution in [0, 0.1) is 0 Å². The van der Waals surface area contributed by atoms with E-state index in [1.54, 1.807) is 18.0 Å². The first-order valence-corrected chi connectivity index (χ1v) is 7.65. The number of pyridine rings is 1. The van der Waals surface area contributed by atoms with Crippen LogP contribution in [-0.4, -0.2) is 49.9 Å². The average Bonchev–Trinajstić information content (AvgIpc) is 3.01. The van der Waals surface area contributed by atoms with Crippen LogP contribution >= 0.6 is 11.8 Å². The smallest absolute Gasteiger partial charge is 0.263 e. The van der Waals surface area contributed by atoms with Gasteiger partial charge in [-0.25, -0.2) is 4.98 Å². The molecular weight excluding hydrogens is 276 g/mol. The summed E-state index contributed by atoms with van der Waals surface area (Å²) < 4.78 is 0. The summed E-state index contributed by atoms with van der Waals surface area (Å²) in [4.78, 5) is 30.1. The maximum Gasteiger partial charge on any atom is 0.263 e. The minimum atomic E-state index is -0.248. The molecule has 0 fully saturated rings. The van der Waals surface area contributed by atoms with Gasteiger partial charge in [-0.1, -0.05) is 6.92 Å². The highest BCUT2D eigenvalue weighted by atomic mass is 32.2. The van der Waals surface area contributed by atoms with Crippen LogP contribution in [0.2, 0.25) is 0 Å². The van der Waals surface area contributed by atoms with Gasteiger partial charge in [0.25, 0.3) is 11.8 Å². The lowest BCUT2D eigenvalue weighted by Gasteiger charge is -2.12. The molecular formula is C13H14N4O2S. The third-order valence-electron chi connectivity index (χ3n) is 3.29. The van der Waals surface area contributed by atoms with Crippen LogP contribution in [0.15, 0.2) is 12.4 Å². The second-order valence-corrected chi connectivity index (χ2v) is 5.89. The molecule has 20 heavy (non-hydrogen) atoms. The van der Waals surface area contributed by atoms with Crippen LogP contribution in [0.1, 0.15) is 34.1 Å². The van der Waals surface area contributed by atoms with Gasteiger partial charge < -0.3 is 0 Å². The summed E-state index contributed by atoms with van der Waals surface area (Å²) in [5.41, 5.74) is 1.34. The Kier molecular flexibility index (Phi) is 3.43. The lowest BCUT2D eigenvalue weighted by atomic mass is 10.1. The molecule has 7 heteroatoms. The molecule has 0 radical (unpaired) electrons. The van der Waals surface area contributed by atoms with E-state index < -0.39 is 0 Å². The second kappa shape index (κ2) is 5.24. The highest BCUT2D eigenvalue weighted by molar-refractivity contribution is 7.99. The summed E-state index contributed by atoms with van der Waals surface area (Å²) in [6.45, 7) is 2.55. The Bertz CT molecular complexity index is 682. The number of hydrogen-bond donors (Lipinski definition) is 1.